The first-order valence-corrected chi connectivity index (χ1v) is 19.0. The van der Waals surface area contributed by atoms with Gasteiger partial charge in [0.05, 0.1) is 0 Å². The molecule has 2 aromatic carbocycles. The predicted molar refractivity (Wildman–Crippen MR) is 211 cm³/mol. The molecule has 1 fully saturated rings. The standard InChI is InChI=1S/C43H62N4O2/c1-5-9-30-44(31-10-6-2)40-26-22-38(23-27-40)18-13-15-20-42(48)46-34-17-35-47(37-36-46)43(49)21-16-14-19-39-24-28-41(29-25-39)45(32-11-7-3)33-12-8-4/h13-16,18-29H,5-12,17,30-37H2,1-4H3. The molecular formula is C43H62N4O2. The van der Waals surface area contributed by atoms with Gasteiger partial charge in [0, 0.05) is 75.9 Å². The van der Waals surface area contributed by atoms with E-state index in [-0.39, 0.29) is 11.8 Å². The minimum Gasteiger partial charge on any atom is -0.372 e. The Bertz CT molecular complexity index is 1220. The van der Waals surface area contributed by atoms with Gasteiger partial charge in [-0.15, -0.1) is 0 Å². The van der Waals surface area contributed by atoms with Crippen molar-refractivity contribution < 1.29 is 9.59 Å². The molecule has 1 aliphatic rings. The predicted octanol–water partition coefficient (Wildman–Crippen LogP) is 9.40. The molecule has 3 rings (SSSR count). The first kappa shape index (κ1) is 39.4. The zero-order valence-corrected chi connectivity index (χ0v) is 30.9. The van der Waals surface area contributed by atoms with E-state index in [4.69, 9.17) is 0 Å². The van der Waals surface area contributed by atoms with Crippen LogP contribution in [-0.4, -0.2) is 74.0 Å². The Hall–Kier alpha value is -4.06. The summed E-state index contributed by atoms with van der Waals surface area (Å²) in [5, 5.41) is 0. The van der Waals surface area contributed by atoms with Crippen molar-refractivity contribution in [3.8, 4) is 0 Å². The Kier molecular flexibility index (Phi) is 18.7. The third-order valence-corrected chi connectivity index (χ3v) is 9.04. The molecular weight excluding hydrogens is 604 g/mol. The molecule has 1 aliphatic heterocycles. The molecule has 2 aromatic rings. The van der Waals surface area contributed by atoms with Crippen molar-refractivity contribution in [2.45, 2.75) is 85.5 Å². The third-order valence-electron chi connectivity index (χ3n) is 9.04. The highest BCUT2D eigenvalue weighted by Crippen LogP contribution is 2.19. The molecule has 2 amide bonds. The van der Waals surface area contributed by atoms with Crippen LogP contribution in [0.25, 0.3) is 12.2 Å². The van der Waals surface area contributed by atoms with E-state index in [9.17, 15) is 9.59 Å². The smallest absolute Gasteiger partial charge is 0.246 e. The fraction of sp³-hybridized carbons (Fsp3) is 0.488. The number of nitrogens with zero attached hydrogens (tertiary/aromatic N) is 4. The Labute approximate surface area is 297 Å². The molecule has 266 valence electrons. The van der Waals surface area contributed by atoms with E-state index < -0.39 is 0 Å². The van der Waals surface area contributed by atoms with Gasteiger partial charge >= 0.3 is 0 Å². The van der Waals surface area contributed by atoms with Crippen molar-refractivity contribution in [1.29, 1.82) is 0 Å². The number of hydrogen-bond acceptors (Lipinski definition) is 4. The first-order chi connectivity index (χ1) is 24.0. The van der Waals surface area contributed by atoms with E-state index in [1.54, 1.807) is 12.2 Å². The summed E-state index contributed by atoms with van der Waals surface area (Å²) in [5.74, 6) is -0.0275. The van der Waals surface area contributed by atoms with Gasteiger partial charge in [-0.2, -0.15) is 0 Å². The minimum atomic E-state index is -0.0138. The van der Waals surface area contributed by atoms with Crippen molar-refractivity contribution in [3.63, 3.8) is 0 Å². The monoisotopic (exact) mass is 666 g/mol. The lowest BCUT2D eigenvalue weighted by molar-refractivity contribution is -0.128. The number of unbranched alkanes of at least 4 members (excludes halogenated alkanes) is 4. The molecule has 6 nitrogen and oxygen atoms in total. The van der Waals surface area contributed by atoms with Crippen molar-refractivity contribution in [3.05, 3.63) is 96.1 Å². The zero-order valence-electron chi connectivity index (χ0n) is 30.9. The lowest BCUT2D eigenvalue weighted by Gasteiger charge is -2.24. The van der Waals surface area contributed by atoms with Crippen LogP contribution in [0.2, 0.25) is 0 Å². The number of carbonyl (C=O) groups excluding carboxylic acids is 2. The van der Waals surface area contributed by atoms with Crippen LogP contribution in [-0.2, 0) is 9.59 Å². The number of carbonyl (C=O) groups is 2. The summed E-state index contributed by atoms with van der Waals surface area (Å²) in [7, 11) is 0. The fourth-order valence-corrected chi connectivity index (χ4v) is 5.91. The van der Waals surface area contributed by atoms with E-state index in [0.29, 0.717) is 26.2 Å². The summed E-state index contributed by atoms with van der Waals surface area (Å²) in [6, 6.07) is 17.4. The van der Waals surface area contributed by atoms with Gasteiger partial charge in [0.1, 0.15) is 0 Å². The summed E-state index contributed by atoms with van der Waals surface area (Å²) in [6.07, 6.45) is 25.2. The number of benzene rings is 2. The van der Waals surface area contributed by atoms with Crippen molar-refractivity contribution >= 4 is 35.3 Å². The van der Waals surface area contributed by atoms with Gasteiger partial charge in [0.25, 0.3) is 0 Å². The van der Waals surface area contributed by atoms with Gasteiger partial charge in [0.2, 0.25) is 11.8 Å². The van der Waals surface area contributed by atoms with Crippen LogP contribution in [0.1, 0.15) is 96.6 Å². The lowest BCUT2D eigenvalue weighted by Crippen LogP contribution is -2.36. The van der Waals surface area contributed by atoms with E-state index in [0.717, 1.165) is 43.7 Å². The molecule has 0 spiro atoms. The molecule has 0 aromatic heterocycles. The quantitative estimate of drug-likeness (QED) is 0.104. The first-order valence-electron chi connectivity index (χ1n) is 19.0. The molecule has 0 N–H and O–H groups in total. The molecule has 0 atom stereocenters. The molecule has 0 unspecified atom stereocenters. The highest BCUT2D eigenvalue weighted by molar-refractivity contribution is 5.89. The van der Waals surface area contributed by atoms with Crippen LogP contribution >= 0.6 is 0 Å². The lowest BCUT2D eigenvalue weighted by atomic mass is 10.1. The average Bonchev–Trinajstić information content (AvgIpc) is 3.39. The zero-order chi connectivity index (χ0) is 35.1. The third kappa shape index (κ3) is 14.5. The van der Waals surface area contributed by atoms with Crippen LogP contribution in [0.15, 0.2) is 85.0 Å². The fourth-order valence-electron chi connectivity index (χ4n) is 5.91. The summed E-state index contributed by atoms with van der Waals surface area (Å²) >= 11 is 0. The van der Waals surface area contributed by atoms with Crippen molar-refractivity contribution in [2.24, 2.45) is 0 Å². The molecule has 1 heterocycles. The van der Waals surface area contributed by atoms with Gasteiger partial charge in [-0.1, -0.05) is 114 Å². The molecule has 6 heteroatoms. The highest BCUT2D eigenvalue weighted by atomic mass is 16.2. The van der Waals surface area contributed by atoms with Crippen molar-refractivity contribution in [2.75, 3.05) is 62.2 Å². The van der Waals surface area contributed by atoms with Gasteiger partial charge < -0.3 is 19.6 Å². The van der Waals surface area contributed by atoms with Crippen LogP contribution < -0.4 is 9.80 Å². The summed E-state index contributed by atoms with van der Waals surface area (Å²) in [6.45, 7) is 15.7. The molecule has 0 saturated carbocycles. The summed E-state index contributed by atoms with van der Waals surface area (Å²) in [5.41, 5.74) is 4.78. The maximum atomic E-state index is 12.9. The summed E-state index contributed by atoms with van der Waals surface area (Å²) < 4.78 is 0. The van der Waals surface area contributed by atoms with E-state index >= 15 is 0 Å². The maximum Gasteiger partial charge on any atom is 0.246 e. The Morgan fingerprint density at radius 3 is 1.20 bits per heavy atom. The number of hydrogen-bond donors (Lipinski definition) is 0. The Balaban J connectivity index is 1.44. The Morgan fingerprint density at radius 1 is 0.531 bits per heavy atom. The van der Waals surface area contributed by atoms with E-state index in [1.807, 2.05) is 46.3 Å². The average molecular weight is 667 g/mol. The molecule has 1 saturated heterocycles. The van der Waals surface area contributed by atoms with Crippen LogP contribution in [0.3, 0.4) is 0 Å². The molecule has 49 heavy (non-hydrogen) atoms. The van der Waals surface area contributed by atoms with Crippen LogP contribution in [0.4, 0.5) is 11.4 Å². The minimum absolute atomic E-state index is 0.0138. The van der Waals surface area contributed by atoms with Gasteiger partial charge in [-0.3, -0.25) is 9.59 Å². The number of rotatable bonds is 20. The second-order valence-electron chi connectivity index (χ2n) is 13.0. The molecule has 0 aliphatic carbocycles. The normalized spacial score (nSPS) is 14.0. The van der Waals surface area contributed by atoms with Gasteiger partial charge in [0.15, 0.2) is 0 Å². The van der Waals surface area contributed by atoms with Crippen molar-refractivity contribution in [1.82, 2.24) is 9.80 Å². The van der Waals surface area contributed by atoms with Crippen LogP contribution in [0.5, 0.6) is 0 Å². The van der Waals surface area contributed by atoms with Gasteiger partial charge in [-0.05, 0) is 67.5 Å². The van der Waals surface area contributed by atoms with E-state index in [1.165, 1.54) is 62.7 Å². The SMILES string of the molecule is CCCCN(CCCC)c1ccc(C=CC=CC(=O)N2CCCN(C(=O)C=CC=Cc3ccc(N(CCCC)CCCC)cc3)CC2)cc1. The second-order valence-corrected chi connectivity index (χ2v) is 13.0. The van der Waals surface area contributed by atoms with E-state index in [2.05, 4.69) is 86.0 Å². The second kappa shape index (κ2) is 23.3. The number of anilines is 2. The molecule has 0 radical (unpaired) electrons. The maximum absolute atomic E-state index is 12.9. The largest absolute Gasteiger partial charge is 0.372 e. The number of allylic oxidation sites excluding steroid dienone is 4. The topological polar surface area (TPSA) is 47.1 Å². The Morgan fingerprint density at radius 2 is 0.878 bits per heavy atom. The van der Waals surface area contributed by atoms with Gasteiger partial charge in [-0.25, -0.2) is 0 Å². The molecule has 0 bridgehead atoms. The van der Waals surface area contributed by atoms with Crippen LogP contribution in [0, 0.1) is 0 Å². The summed E-state index contributed by atoms with van der Waals surface area (Å²) in [4.78, 5) is 34.4. The number of amides is 2. The highest BCUT2D eigenvalue weighted by Gasteiger charge is 2.19.